The second kappa shape index (κ2) is 10.6. The Bertz CT molecular complexity index is 287. The van der Waals surface area contributed by atoms with Crippen LogP contribution in [-0.4, -0.2) is 52.1 Å². The summed E-state index contributed by atoms with van der Waals surface area (Å²) in [5.74, 6) is -0.696. The van der Waals surface area contributed by atoms with Crippen molar-refractivity contribution in [3.63, 3.8) is 0 Å². The molecule has 0 heterocycles. The summed E-state index contributed by atoms with van der Waals surface area (Å²) in [6.45, 7) is 7.09. The van der Waals surface area contributed by atoms with Gasteiger partial charge in [-0.15, -0.1) is 0 Å². The molecule has 0 aromatic rings. The molecular weight excluding hydrogens is 264 g/mol. The second-order valence-corrected chi connectivity index (χ2v) is 4.95. The Morgan fingerprint density at radius 3 is 2.20 bits per heavy atom. The molecule has 0 saturated carbocycles. The largest absolute Gasteiger partial charge is 0.465 e. The molecule has 0 bridgehead atoms. The van der Waals surface area contributed by atoms with Crippen molar-refractivity contribution in [2.45, 2.75) is 33.6 Å². The van der Waals surface area contributed by atoms with Crippen molar-refractivity contribution < 1.29 is 28.5 Å². The summed E-state index contributed by atoms with van der Waals surface area (Å²) in [6.07, 6.45) is 0.749. The Balaban J connectivity index is 3.57. The lowest BCUT2D eigenvalue weighted by atomic mass is 9.91. The van der Waals surface area contributed by atoms with Gasteiger partial charge < -0.3 is 18.9 Å². The van der Waals surface area contributed by atoms with E-state index in [4.69, 9.17) is 18.9 Å². The molecule has 0 saturated heterocycles. The van der Waals surface area contributed by atoms with Gasteiger partial charge in [0, 0.05) is 7.11 Å². The van der Waals surface area contributed by atoms with Crippen LogP contribution in [-0.2, 0) is 28.5 Å². The molecule has 0 aliphatic carbocycles. The molecule has 0 aromatic carbocycles. The molecule has 0 unspecified atom stereocenters. The molecule has 0 aliphatic heterocycles. The predicted molar refractivity (Wildman–Crippen MR) is 73.3 cm³/mol. The Morgan fingerprint density at radius 2 is 1.60 bits per heavy atom. The summed E-state index contributed by atoms with van der Waals surface area (Å²) in [4.78, 5) is 23.0. The van der Waals surface area contributed by atoms with Crippen molar-refractivity contribution in [1.82, 2.24) is 0 Å². The van der Waals surface area contributed by atoms with Crippen LogP contribution >= 0.6 is 0 Å². The lowest BCUT2D eigenvalue weighted by molar-refractivity contribution is -0.156. The quantitative estimate of drug-likeness (QED) is 0.425. The van der Waals surface area contributed by atoms with Crippen LogP contribution in [0, 0.1) is 5.41 Å². The van der Waals surface area contributed by atoms with Gasteiger partial charge in [-0.05, 0) is 20.3 Å². The van der Waals surface area contributed by atoms with Crippen molar-refractivity contribution in [3.8, 4) is 0 Å². The van der Waals surface area contributed by atoms with E-state index in [-0.39, 0.29) is 25.6 Å². The van der Waals surface area contributed by atoms with Crippen LogP contribution in [0.5, 0.6) is 0 Å². The number of hydrogen-bond acceptors (Lipinski definition) is 6. The molecule has 20 heavy (non-hydrogen) atoms. The SMILES string of the molecule is CCC(C)(C)C(=O)OCCC(=O)OCCOCCOC. The van der Waals surface area contributed by atoms with Crippen LogP contribution in [0.25, 0.3) is 0 Å². The number of carbonyl (C=O) groups is 2. The van der Waals surface area contributed by atoms with Crippen molar-refractivity contribution >= 4 is 11.9 Å². The van der Waals surface area contributed by atoms with Crippen LogP contribution < -0.4 is 0 Å². The van der Waals surface area contributed by atoms with E-state index in [0.29, 0.717) is 26.2 Å². The first kappa shape index (κ1) is 18.9. The van der Waals surface area contributed by atoms with Gasteiger partial charge in [0.15, 0.2) is 0 Å². The van der Waals surface area contributed by atoms with Gasteiger partial charge in [0.25, 0.3) is 0 Å². The van der Waals surface area contributed by atoms with Gasteiger partial charge in [0.05, 0.1) is 31.7 Å². The summed E-state index contributed by atoms with van der Waals surface area (Å²) in [7, 11) is 1.59. The third-order valence-corrected chi connectivity index (χ3v) is 2.90. The van der Waals surface area contributed by atoms with Gasteiger partial charge >= 0.3 is 11.9 Å². The average Bonchev–Trinajstić information content (AvgIpc) is 2.42. The molecule has 0 spiro atoms. The van der Waals surface area contributed by atoms with Gasteiger partial charge in [0.2, 0.25) is 0 Å². The minimum absolute atomic E-state index is 0.0473. The van der Waals surface area contributed by atoms with E-state index < -0.39 is 11.4 Å². The van der Waals surface area contributed by atoms with E-state index in [9.17, 15) is 9.59 Å². The highest BCUT2D eigenvalue weighted by molar-refractivity contribution is 5.76. The first-order chi connectivity index (χ1) is 9.44. The second-order valence-electron chi connectivity index (χ2n) is 4.95. The van der Waals surface area contributed by atoms with Gasteiger partial charge in [-0.3, -0.25) is 9.59 Å². The molecule has 0 aromatic heterocycles. The van der Waals surface area contributed by atoms with Crippen LogP contribution in [0.4, 0.5) is 0 Å². The van der Waals surface area contributed by atoms with E-state index in [0.717, 1.165) is 0 Å². The molecule has 6 heteroatoms. The molecular formula is C14H26O6. The zero-order valence-electron chi connectivity index (χ0n) is 12.9. The van der Waals surface area contributed by atoms with E-state index in [2.05, 4.69) is 0 Å². The van der Waals surface area contributed by atoms with E-state index in [1.54, 1.807) is 7.11 Å². The lowest BCUT2D eigenvalue weighted by Crippen LogP contribution is -2.26. The van der Waals surface area contributed by atoms with Crippen LogP contribution in [0.1, 0.15) is 33.6 Å². The van der Waals surface area contributed by atoms with E-state index in [1.165, 1.54) is 0 Å². The number of esters is 2. The number of methoxy groups -OCH3 is 1. The van der Waals surface area contributed by atoms with Crippen molar-refractivity contribution in [2.75, 3.05) is 40.1 Å². The van der Waals surface area contributed by atoms with Crippen LogP contribution in [0.2, 0.25) is 0 Å². The Morgan fingerprint density at radius 1 is 0.950 bits per heavy atom. The van der Waals surface area contributed by atoms with Gasteiger partial charge in [-0.25, -0.2) is 0 Å². The topological polar surface area (TPSA) is 71.1 Å². The highest BCUT2D eigenvalue weighted by atomic mass is 16.6. The maximum absolute atomic E-state index is 11.6. The van der Waals surface area contributed by atoms with Crippen molar-refractivity contribution in [1.29, 1.82) is 0 Å². The van der Waals surface area contributed by atoms with Gasteiger partial charge in [-0.1, -0.05) is 6.92 Å². The maximum Gasteiger partial charge on any atom is 0.311 e. The monoisotopic (exact) mass is 290 g/mol. The van der Waals surface area contributed by atoms with E-state index in [1.807, 2.05) is 20.8 Å². The summed E-state index contributed by atoms with van der Waals surface area (Å²) >= 11 is 0. The minimum Gasteiger partial charge on any atom is -0.465 e. The summed E-state index contributed by atoms with van der Waals surface area (Å²) in [5, 5.41) is 0. The lowest BCUT2D eigenvalue weighted by Gasteiger charge is -2.20. The summed E-state index contributed by atoms with van der Waals surface area (Å²) in [6, 6.07) is 0. The average molecular weight is 290 g/mol. The molecule has 0 amide bonds. The maximum atomic E-state index is 11.6. The highest BCUT2D eigenvalue weighted by Crippen LogP contribution is 2.21. The Kier molecular flexibility index (Phi) is 10.0. The number of hydrogen-bond donors (Lipinski definition) is 0. The fraction of sp³-hybridized carbons (Fsp3) is 0.857. The fourth-order valence-corrected chi connectivity index (χ4v) is 1.10. The zero-order chi connectivity index (χ0) is 15.4. The minimum atomic E-state index is -0.515. The van der Waals surface area contributed by atoms with Gasteiger partial charge in [0.1, 0.15) is 13.2 Å². The smallest absolute Gasteiger partial charge is 0.311 e. The first-order valence-electron chi connectivity index (χ1n) is 6.83. The van der Waals surface area contributed by atoms with Crippen molar-refractivity contribution in [2.24, 2.45) is 5.41 Å². The molecule has 0 fully saturated rings. The van der Waals surface area contributed by atoms with Crippen LogP contribution in [0.15, 0.2) is 0 Å². The molecule has 0 N–H and O–H groups in total. The fourth-order valence-electron chi connectivity index (χ4n) is 1.10. The molecule has 0 radical (unpaired) electrons. The Labute approximate surface area is 120 Å². The van der Waals surface area contributed by atoms with E-state index >= 15 is 0 Å². The Hall–Kier alpha value is -1.14. The number of ether oxygens (including phenoxy) is 4. The van der Waals surface area contributed by atoms with Crippen molar-refractivity contribution in [3.05, 3.63) is 0 Å². The zero-order valence-corrected chi connectivity index (χ0v) is 12.9. The van der Waals surface area contributed by atoms with Crippen LogP contribution in [0.3, 0.4) is 0 Å². The standard InChI is InChI=1S/C14H26O6/c1-5-14(2,3)13(16)20-7-6-12(15)19-11-10-18-9-8-17-4/h5-11H2,1-4H3. The predicted octanol–water partition coefficient (Wildman–Crippen LogP) is 1.56. The molecule has 118 valence electrons. The normalized spacial score (nSPS) is 11.2. The molecule has 6 nitrogen and oxygen atoms in total. The third kappa shape index (κ3) is 8.87. The van der Waals surface area contributed by atoms with Gasteiger partial charge in [-0.2, -0.15) is 0 Å². The number of rotatable bonds is 11. The molecule has 0 atom stereocenters. The summed E-state index contributed by atoms with van der Waals surface area (Å²) in [5.41, 5.74) is -0.515. The molecule has 0 rings (SSSR count). The third-order valence-electron chi connectivity index (χ3n) is 2.90. The number of carbonyl (C=O) groups excluding carboxylic acids is 2. The first-order valence-corrected chi connectivity index (χ1v) is 6.83. The highest BCUT2D eigenvalue weighted by Gasteiger charge is 2.27. The molecule has 0 aliphatic rings. The summed E-state index contributed by atoms with van der Waals surface area (Å²) < 4.78 is 19.9.